The maximum Gasteiger partial charge on any atom is 0.239 e. The summed E-state index contributed by atoms with van der Waals surface area (Å²) in [6, 6.07) is -0.358. The number of nitrogens with two attached hydrogens (primary N) is 1. The highest BCUT2D eigenvalue weighted by Gasteiger charge is 2.25. The van der Waals surface area contributed by atoms with E-state index in [-0.39, 0.29) is 30.3 Å². The van der Waals surface area contributed by atoms with Crippen molar-refractivity contribution < 1.29 is 9.59 Å². The zero-order valence-corrected chi connectivity index (χ0v) is 11.5. The highest BCUT2D eigenvalue weighted by Crippen LogP contribution is 2.29. The Bertz CT molecular complexity index is 301. The molecule has 1 unspecified atom stereocenters. The standard InChI is InChI=1S/C13H25N3O2/c1-8(2)12(14)13(18)15-7-11(17)16-9(3)10-5-4-6-10/h8-10,12H,4-7,14H2,1-3H3,(H,15,18)(H,16,17)/t9?,12-/m0/s1. The molecular weight excluding hydrogens is 230 g/mol. The van der Waals surface area contributed by atoms with Crippen LogP contribution < -0.4 is 16.4 Å². The average Bonchev–Trinajstić information content (AvgIpc) is 2.21. The molecular formula is C13H25N3O2. The van der Waals surface area contributed by atoms with Gasteiger partial charge in [0.2, 0.25) is 11.8 Å². The summed E-state index contributed by atoms with van der Waals surface area (Å²) in [4.78, 5) is 23.2. The Morgan fingerprint density at radius 1 is 1.28 bits per heavy atom. The third kappa shape index (κ3) is 4.29. The van der Waals surface area contributed by atoms with Crippen molar-refractivity contribution in [3.63, 3.8) is 0 Å². The van der Waals surface area contributed by atoms with Gasteiger partial charge in [-0.25, -0.2) is 0 Å². The lowest BCUT2D eigenvalue weighted by molar-refractivity contribution is -0.127. The molecule has 1 aliphatic carbocycles. The number of carbonyl (C=O) groups is 2. The molecule has 104 valence electrons. The molecule has 0 bridgehead atoms. The van der Waals surface area contributed by atoms with Gasteiger partial charge in [-0.05, 0) is 31.6 Å². The van der Waals surface area contributed by atoms with E-state index >= 15 is 0 Å². The van der Waals surface area contributed by atoms with Crippen LogP contribution in [0.25, 0.3) is 0 Å². The van der Waals surface area contributed by atoms with Crippen molar-refractivity contribution in [1.29, 1.82) is 0 Å². The summed E-state index contributed by atoms with van der Waals surface area (Å²) in [7, 11) is 0. The van der Waals surface area contributed by atoms with Crippen molar-refractivity contribution in [3.8, 4) is 0 Å². The Morgan fingerprint density at radius 2 is 1.89 bits per heavy atom. The summed E-state index contributed by atoms with van der Waals surface area (Å²) < 4.78 is 0. The van der Waals surface area contributed by atoms with Crippen molar-refractivity contribution >= 4 is 11.8 Å². The van der Waals surface area contributed by atoms with E-state index in [9.17, 15) is 9.59 Å². The normalized spacial score (nSPS) is 18.9. The SMILES string of the molecule is CC(NC(=O)CNC(=O)[C@@H](N)C(C)C)C1CCC1. The first-order valence-corrected chi connectivity index (χ1v) is 6.74. The lowest BCUT2D eigenvalue weighted by Gasteiger charge is -2.31. The molecule has 0 saturated heterocycles. The fraction of sp³-hybridized carbons (Fsp3) is 0.846. The minimum Gasteiger partial charge on any atom is -0.352 e. The Balaban J connectivity index is 2.21. The minimum atomic E-state index is -0.554. The van der Waals surface area contributed by atoms with Crippen molar-refractivity contribution in [2.45, 2.75) is 52.1 Å². The number of nitrogens with one attached hydrogen (secondary N) is 2. The maximum atomic E-state index is 11.6. The van der Waals surface area contributed by atoms with Crippen LogP contribution in [0.5, 0.6) is 0 Å². The maximum absolute atomic E-state index is 11.6. The number of carbonyl (C=O) groups excluding carboxylic acids is 2. The largest absolute Gasteiger partial charge is 0.352 e. The Kier molecular flexibility index (Phi) is 5.59. The second kappa shape index (κ2) is 6.73. The molecule has 5 heteroatoms. The fourth-order valence-corrected chi connectivity index (χ4v) is 1.95. The average molecular weight is 255 g/mol. The van der Waals surface area contributed by atoms with Crippen LogP contribution in [0.4, 0.5) is 0 Å². The van der Waals surface area contributed by atoms with E-state index in [2.05, 4.69) is 10.6 Å². The number of hydrogen-bond acceptors (Lipinski definition) is 3. The third-order valence-electron chi connectivity index (χ3n) is 3.69. The molecule has 0 spiro atoms. The fourth-order valence-electron chi connectivity index (χ4n) is 1.95. The smallest absolute Gasteiger partial charge is 0.239 e. The molecule has 2 atom stereocenters. The second-order valence-corrected chi connectivity index (χ2v) is 5.53. The molecule has 4 N–H and O–H groups in total. The van der Waals surface area contributed by atoms with Crippen molar-refractivity contribution in [2.24, 2.45) is 17.6 Å². The first kappa shape index (κ1) is 15.0. The van der Waals surface area contributed by atoms with E-state index < -0.39 is 6.04 Å². The van der Waals surface area contributed by atoms with E-state index in [0.29, 0.717) is 5.92 Å². The summed E-state index contributed by atoms with van der Waals surface area (Å²) >= 11 is 0. The van der Waals surface area contributed by atoms with Gasteiger partial charge >= 0.3 is 0 Å². The van der Waals surface area contributed by atoms with Crippen LogP contribution in [0.1, 0.15) is 40.0 Å². The first-order chi connectivity index (χ1) is 8.41. The predicted molar refractivity (Wildman–Crippen MR) is 70.8 cm³/mol. The molecule has 1 saturated carbocycles. The minimum absolute atomic E-state index is 0.0102. The Hall–Kier alpha value is -1.10. The quantitative estimate of drug-likeness (QED) is 0.642. The summed E-state index contributed by atoms with van der Waals surface area (Å²) in [5, 5.41) is 5.48. The van der Waals surface area contributed by atoms with Gasteiger partial charge in [0.15, 0.2) is 0 Å². The molecule has 5 nitrogen and oxygen atoms in total. The van der Waals surface area contributed by atoms with E-state index in [4.69, 9.17) is 5.73 Å². The Labute approximate surface area is 109 Å². The molecule has 0 aliphatic heterocycles. The van der Waals surface area contributed by atoms with Gasteiger partial charge in [-0.1, -0.05) is 20.3 Å². The van der Waals surface area contributed by atoms with Gasteiger partial charge in [0.1, 0.15) is 0 Å². The van der Waals surface area contributed by atoms with Crippen LogP contribution in [-0.2, 0) is 9.59 Å². The van der Waals surface area contributed by atoms with E-state index in [1.165, 1.54) is 19.3 Å². The van der Waals surface area contributed by atoms with Gasteiger partial charge in [-0.15, -0.1) is 0 Å². The summed E-state index contributed by atoms with van der Waals surface area (Å²) in [5.74, 6) is 0.264. The lowest BCUT2D eigenvalue weighted by atomic mass is 9.80. The molecule has 0 aromatic heterocycles. The zero-order valence-electron chi connectivity index (χ0n) is 11.5. The van der Waals surface area contributed by atoms with Crippen LogP contribution in [-0.4, -0.2) is 30.4 Å². The topological polar surface area (TPSA) is 84.2 Å². The summed E-state index contributed by atoms with van der Waals surface area (Å²) in [6.45, 7) is 5.78. The molecule has 0 heterocycles. The molecule has 0 aromatic carbocycles. The van der Waals surface area contributed by atoms with Crippen molar-refractivity contribution in [2.75, 3.05) is 6.54 Å². The monoisotopic (exact) mass is 255 g/mol. The highest BCUT2D eigenvalue weighted by molar-refractivity contribution is 5.87. The molecule has 2 amide bonds. The summed E-state index contributed by atoms with van der Waals surface area (Å²) in [5.41, 5.74) is 5.68. The number of hydrogen-bond donors (Lipinski definition) is 3. The van der Waals surface area contributed by atoms with Crippen molar-refractivity contribution in [3.05, 3.63) is 0 Å². The summed E-state index contributed by atoms with van der Waals surface area (Å²) in [6.07, 6.45) is 3.63. The molecule has 1 fully saturated rings. The van der Waals surface area contributed by atoms with Gasteiger partial charge in [-0.2, -0.15) is 0 Å². The van der Waals surface area contributed by atoms with Crippen LogP contribution in [0, 0.1) is 11.8 Å². The van der Waals surface area contributed by atoms with Crippen LogP contribution >= 0.6 is 0 Å². The van der Waals surface area contributed by atoms with Crippen LogP contribution in [0.15, 0.2) is 0 Å². The van der Waals surface area contributed by atoms with Crippen LogP contribution in [0.2, 0.25) is 0 Å². The zero-order chi connectivity index (χ0) is 13.7. The van der Waals surface area contributed by atoms with Gasteiger partial charge in [0, 0.05) is 6.04 Å². The molecule has 0 radical (unpaired) electrons. The highest BCUT2D eigenvalue weighted by atomic mass is 16.2. The van der Waals surface area contributed by atoms with E-state index in [1.807, 2.05) is 20.8 Å². The second-order valence-electron chi connectivity index (χ2n) is 5.53. The van der Waals surface area contributed by atoms with Gasteiger partial charge in [-0.3, -0.25) is 9.59 Å². The molecule has 1 rings (SSSR count). The van der Waals surface area contributed by atoms with Gasteiger partial charge in [0.25, 0.3) is 0 Å². The number of amides is 2. The van der Waals surface area contributed by atoms with Crippen molar-refractivity contribution in [1.82, 2.24) is 10.6 Å². The lowest BCUT2D eigenvalue weighted by Crippen LogP contribution is -2.49. The molecule has 18 heavy (non-hydrogen) atoms. The molecule has 0 aromatic rings. The third-order valence-corrected chi connectivity index (χ3v) is 3.69. The van der Waals surface area contributed by atoms with Gasteiger partial charge < -0.3 is 16.4 Å². The molecule has 1 aliphatic rings. The predicted octanol–water partition coefficient (Wildman–Crippen LogP) is 0.391. The van der Waals surface area contributed by atoms with E-state index in [1.54, 1.807) is 0 Å². The van der Waals surface area contributed by atoms with Gasteiger partial charge in [0.05, 0.1) is 12.6 Å². The van der Waals surface area contributed by atoms with Crippen LogP contribution in [0.3, 0.4) is 0 Å². The first-order valence-electron chi connectivity index (χ1n) is 6.74. The number of rotatable bonds is 6. The Morgan fingerprint density at radius 3 is 2.33 bits per heavy atom. The van der Waals surface area contributed by atoms with E-state index in [0.717, 1.165) is 0 Å².